The number of ether oxygens (including phenoxy) is 8. The summed E-state index contributed by atoms with van der Waals surface area (Å²) >= 11 is 2.95. The lowest BCUT2D eigenvalue weighted by atomic mass is 10.1. The highest BCUT2D eigenvalue weighted by atomic mass is 32.1. The lowest BCUT2D eigenvalue weighted by Crippen LogP contribution is -2.56. The molecular weight excluding hydrogens is 978 g/mol. The Balaban J connectivity index is 0.000000208. The summed E-state index contributed by atoms with van der Waals surface area (Å²) < 4.78 is 61.8. The van der Waals surface area contributed by atoms with Gasteiger partial charge in [0, 0.05) is 91.6 Å². The molecule has 4 aromatic heterocycles. The van der Waals surface area contributed by atoms with Gasteiger partial charge >= 0.3 is 6.09 Å². The van der Waals surface area contributed by atoms with Crippen molar-refractivity contribution in [2.24, 2.45) is 0 Å². The number of benzene rings is 3. The second-order valence-electron chi connectivity index (χ2n) is 17.6. The van der Waals surface area contributed by atoms with Gasteiger partial charge in [-0.3, -0.25) is 9.36 Å². The third kappa shape index (κ3) is 14.1. The van der Waals surface area contributed by atoms with Crippen LogP contribution in [-0.2, 0) is 23.7 Å². The van der Waals surface area contributed by atoms with Crippen LogP contribution in [0.1, 0.15) is 63.2 Å². The summed E-state index contributed by atoms with van der Waals surface area (Å²) in [6, 6.07) is 22.2. The number of carbonyl (C=O) groups is 2. The molecule has 6 heterocycles. The van der Waals surface area contributed by atoms with Crippen molar-refractivity contribution in [3.05, 3.63) is 113 Å². The summed E-state index contributed by atoms with van der Waals surface area (Å²) in [6.45, 7) is 8.69. The molecule has 73 heavy (non-hydrogen) atoms. The fourth-order valence-corrected chi connectivity index (χ4v) is 9.53. The number of aromatic amines is 1. The Hall–Kier alpha value is -6.61. The van der Waals surface area contributed by atoms with Crippen LogP contribution in [-0.4, -0.2) is 120 Å². The molecule has 0 saturated carbocycles. The molecule has 2 fully saturated rings. The minimum absolute atomic E-state index is 0.00110. The van der Waals surface area contributed by atoms with Crippen molar-refractivity contribution in [3.8, 4) is 72.7 Å². The van der Waals surface area contributed by atoms with Crippen molar-refractivity contribution in [2.75, 3.05) is 53.7 Å². The molecule has 2 N–H and O–H groups in total. The number of phenolic OH excluding ortho intramolecular Hbond substituents is 1. The molecule has 386 valence electrons. The summed E-state index contributed by atoms with van der Waals surface area (Å²) in [5, 5.41) is 15.5. The molecule has 2 saturated heterocycles. The van der Waals surface area contributed by atoms with E-state index in [1.54, 1.807) is 67.9 Å². The number of amides is 1. The van der Waals surface area contributed by atoms with Crippen LogP contribution in [0.15, 0.2) is 102 Å². The average molecular weight is 1040 g/mol. The number of phenols is 1. The lowest BCUT2D eigenvalue weighted by molar-refractivity contribution is -0.208. The van der Waals surface area contributed by atoms with Crippen LogP contribution in [0, 0.1) is 5.82 Å². The fraction of sp³-hybridized carbons (Fsp3) is 0.370. The number of H-pyrrole nitrogens is 1. The minimum Gasteiger partial charge on any atom is -0.508 e. The smallest absolute Gasteiger partial charge is 0.418 e. The van der Waals surface area contributed by atoms with Crippen LogP contribution >= 0.6 is 22.7 Å². The molecule has 3 atom stereocenters. The SMILES string of the molecule is CCCCOC(=O)n1cccc1-c1nc(-c2cc(O)cc(O[C@@H](C)COC)c2)cs1.COC[C@H](C)Oc1cc(Oc2ccc(C(=O)N3CC(OC4CCCCO4)C3)cc2F)cc(-c2ccc(-c3nccs3)[nH]2)c1. The Morgan fingerprint density at radius 2 is 1.64 bits per heavy atom. The summed E-state index contributed by atoms with van der Waals surface area (Å²) in [5.41, 5.74) is 4.83. The van der Waals surface area contributed by atoms with E-state index < -0.39 is 11.9 Å². The molecule has 1 amide bonds. The maximum Gasteiger partial charge on any atom is 0.418 e. The molecule has 2 aliphatic heterocycles. The third-order valence-corrected chi connectivity index (χ3v) is 13.3. The van der Waals surface area contributed by atoms with Crippen molar-refractivity contribution in [1.29, 1.82) is 0 Å². The van der Waals surface area contributed by atoms with Gasteiger partial charge < -0.3 is 52.9 Å². The summed E-state index contributed by atoms with van der Waals surface area (Å²) in [5.74, 6) is 0.662. The highest BCUT2D eigenvalue weighted by Gasteiger charge is 2.34. The van der Waals surface area contributed by atoms with E-state index >= 15 is 4.39 Å². The van der Waals surface area contributed by atoms with E-state index in [1.807, 2.05) is 61.9 Å². The highest BCUT2D eigenvalue weighted by molar-refractivity contribution is 7.13. The first-order chi connectivity index (χ1) is 35.5. The number of unbranched alkanes of at least 4 members (excludes halogenated alkanes) is 1. The number of aromatic hydroxyl groups is 1. The van der Waals surface area contributed by atoms with Gasteiger partial charge in [0.2, 0.25) is 0 Å². The van der Waals surface area contributed by atoms with Gasteiger partial charge in [-0.2, -0.15) is 0 Å². The molecule has 2 aliphatic rings. The molecule has 0 aliphatic carbocycles. The zero-order valence-electron chi connectivity index (χ0n) is 41.4. The maximum atomic E-state index is 15.3. The van der Waals surface area contributed by atoms with Gasteiger partial charge in [-0.05, 0) is 106 Å². The molecule has 16 nitrogen and oxygen atoms in total. The first kappa shape index (κ1) is 52.7. The van der Waals surface area contributed by atoms with Crippen LogP contribution in [0.5, 0.6) is 28.7 Å². The van der Waals surface area contributed by atoms with Gasteiger partial charge in [0.1, 0.15) is 45.2 Å². The summed E-state index contributed by atoms with van der Waals surface area (Å²) in [4.78, 5) is 39.4. The molecular formula is C54H60FN5O11S2. The second-order valence-corrected chi connectivity index (χ2v) is 19.3. The normalized spacial score (nSPS) is 15.4. The minimum atomic E-state index is -0.638. The van der Waals surface area contributed by atoms with Crippen molar-refractivity contribution in [2.45, 2.75) is 77.5 Å². The number of halogens is 1. The van der Waals surface area contributed by atoms with Crippen molar-refractivity contribution in [3.63, 3.8) is 0 Å². The highest BCUT2D eigenvalue weighted by Crippen LogP contribution is 2.37. The van der Waals surface area contributed by atoms with Crippen molar-refractivity contribution < 1.29 is 57.0 Å². The van der Waals surface area contributed by atoms with Crippen molar-refractivity contribution in [1.82, 2.24) is 24.4 Å². The van der Waals surface area contributed by atoms with Gasteiger partial charge in [-0.25, -0.2) is 19.2 Å². The van der Waals surface area contributed by atoms with E-state index in [1.165, 1.54) is 39.4 Å². The van der Waals surface area contributed by atoms with Gasteiger partial charge in [0.15, 0.2) is 17.9 Å². The molecule has 9 rings (SSSR count). The van der Waals surface area contributed by atoms with Gasteiger partial charge in [-0.15, -0.1) is 22.7 Å². The lowest BCUT2D eigenvalue weighted by Gasteiger charge is -2.41. The quantitative estimate of drug-likeness (QED) is 0.0690. The molecule has 1 unspecified atom stereocenters. The molecule has 19 heteroatoms. The third-order valence-electron chi connectivity index (χ3n) is 11.6. The van der Waals surface area contributed by atoms with Gasteiger partial charge in [-0.1, -0.05) is 13.3 Å². The van der Waals surface area contributed by atoms with E-state index in [2.05, 4.69) is 15.0 Å². The van der Waals surface area contributed by atoms with Crippen LogP contribution in [0.2, 0.25) is 0 Å². The van der Waals surface area contributed by atoms with Crippen molar-refractivity contribution >= 4 is 34.7 Å². The van der Waals surface area contributed by atoms with Crippen LogP contribution in [0.3, 0.4) is 0 Å². The van der Waals surface area contributed by atoms with Crippen LogP contribution in [0.4, 0.5) is 9.18 Å². The standard InChI is InChI=1S/C32H34FN3O6S.C22H26N2O5S/c1-20(19-38-2)40-23-13-22(27-7-8-28(35-27)31-34-10-12-43-31)14-24(16-23)41-29-9-6-21(15-26(29)33)32(37)36-17-25(18-36)42-30-5-3-4-11-39-30;1-4-5-9-28-22(26)24-8-6-7-20(24)21-23-19(14-30-21)16-10-17(25)12-18(11-16)29-15(2)13-27-3/h6-10,12-16,20,25,30,35H,3-5,11,17-19H2,1-2H3;6-8,10-12,14-15,25H,4-5,9,13H2,1-3H3/t20-,30?;15-/m00/s1. The van der Waals surface area contributed by atoms with Crippen LogP contribution < -0.4 is 14.2 Å². The number of nitrogens with one attached hydrogen (secondary N) is 1. The Morgan fingerprint density at radius 3 is 2.36 bits per heavy atom. The zero-order valence-corrected chi connectivity index (χ0v) is 43.0. The van der Waals surface area contributed by atoms with E-state index in [-0.39, 0.29) is 47.6 Å². The number of hydrogen-bond donors (Lipinski definition) is 2. The number of likely N-dealkylation sites (tertiary alicyclic amines) is 1. The predicted octanol–water partition coefficient (Wildman–Crippen LogP) is 11.7. The van der Waals surface area contributed by atoms with E-state index in [0.29, 0.717) is 73.2 Å². The van der Waals surface area contributed by atoms with E-state index in [9.17, 15) is 14.7 Å². The maximum absolute atomic E-state index is 15.3. The second kappa shape index (κ2) is 25.4. The number of carbonyl (C=O) groups excluding carboxylic acids is 2. The van der Waals surface area contributed by atoms with E-state index in [0.717, 1.165) is 59.6 Å². The molecule has 3 aromatic carbocycles. The average Bonchev–Trinajstić information content (AvgIpc) is 4.22. The first-order valence-electron chi connectivity index (χ1n) is 24.2. The zero-order chi connectivity index (χ0) is 51.3. The largest absolute Gasteiger partial charge is 0.508 e. The number of rotatable bonds is 20. The predicted molar refractivity (Wildman–Crippen MR) is 276 cm³/mol. The summed E-state index contributed by atoms with van der Waals surface area (Å²) in [7, 11) is 3.22. The summed E-state index contributed by atoms with van der Waals surface area (Å²) in [6.07, 6.45) is 7.17. The number of nitrogens with zero attached hydrogens (tertiary/aromatic N) is 4. The van der Waals surface area contributed by atoms with Gasteiger partial charge in [0.05, 0.1) is 43.0 Å². The first-order valence-corrected chi connectivity index (χ1v) is 26.0. The Kier molecular flexibility index (Phi) is 18.3. The Labute approximate surface area is 431 Å². The number of aromatic nitrogens is 4. The Morgan fingerprint density at radius 1 is 0.890 bits per heavy atom. The van der Waals surface area contributed by atoms with E-state index in [4.69, 9.17) is 37.9 Å². The number of thiazole rings is 2. The number of methoxy groups -OCH3 is 2. The molecule has 0 radical (unpaired) electrons. The Bertz CT molecular complexity index is 2890. The number of hydrogen-bond acceptors (Lipinski definition) is 15. The monoisotopic (exact) mass is 1040 g/mol. The molecule has 0 spiro atoms. The molecule has 7 aromatic rings. The molecule has 0 bridgehead atoms. The van der Waals surface area contributed by atoms with Crippen LogP contribution in [0.25, 0.3) is 43.9 Å². The fourth-order valence-electron chi connectivity index (χ4n) is 8.06. The van der Waals surface area contributed by atoms with Gasteiger partial charge in [0.25, 0.3) is 5.91 Å². The topological polar surface area (TPSA) is 178 Å².